The summed E-state index contributed by atoms with van der Waals surface area (Å²) in [4.78, 5) is 27.4. The summed E-state index contributed by atoms with van der Waals surface area (Å²) in [6.07, 6.45) is 5.27. The smallest absolute Gasteiger partial charge is 0.258 e. The van der Waals surface area contributed by atoms with Gasteiger partial charge in [-0.25, -0.2) is 4.98 Å². The molecule has 4 heterocycles. The largest absolute Gasteiger partial charge is 0.457 e. The summed E-state index contributed by atoms with van der Waals surface area (Å²) >= 11 is 3.68. The summed E-state index contributed by atoms with van der Waals surface area (Å²) in [7, 11) is 0. The number of aromatic nitrogens is 3. The van der Waals surface area contributed by atoms with Crippen molar-refractivity contribution in [1.82, 2.24) is 19.9 Å². The molecule has 30 heavy (non-hydrogen) atoms. The molecule has 0 bridgehead atoms. The molecule has 1 atom stereocenters. The number of para-hydroxylation sites is 1. The number of nitrogens with zero attached hydrogens (tertiary/aromatic N) is 3. The Bertz CT molecular complexity index is 1260. The molecule has 0 saturated heterocycles. The molecule has 0 saturated carbocycles. The van der Waals surface area contributed by atoms with Gasteiger partial charge >= 0.3 is 0 Å². The molecule has 1 aromatic carbocycles. The van der Waals surface area contributed by atoms with E-state index >= 15 is 0 Å². The van der Waals surface area contributed by atoms with Gasteiger partial charge in [0.2, 0.25) is 0 Å². The zero-order chi connectivity index (χ0) is 20.7. The summed E-state index contributed by atoms with van der Waals surface area (Å²) in [6.45, 7) is 0.492. The van der Waals surface area contributed by atoms with Gasteiger partial charge in [0, 0.05) is 36.4 Å². The second kappa shape index (κ2) is 7.46. The van der Waals surface area contributed by atoms with Crippen molar-refractivity contribution in [3.63, 3.8) is 0 Å². The van der Waals surface area contributed by atoms with Crippen LogP contribution in [0.2, 0.25) is 0 Å². The second-order valence-corrected chi connectivity index (χ2v) is 7.78. The third kappa shape index (κ3) is 2.91. The van der Waals surface area contributed by atoms with Gasteiger partial charge in [-0.15, -0.1) is 0 Å². The quantitative estimate of drug-likeness (QED) is 0.450. The third-order valence-corrected chi connectivity index (χ3v) is 6.15. The number of halogens is 1. The lowest BCUT2D eigenvalue weighted by atomic mass is 9.98. The van der Waals surface area contributed by atoms with Crippen LogP contribution in [0.3, 0.4) is 0 Å². The van der Waals surface area contributed by atoms with Crippen molar-refractivity contribution in [3.8, 4) is 0 Å². The van der Waals surface area contributed by atoms with Crippen molar-refractivity contribution in [2.75, 3.05) is 6.54 Å². The molecule has 0 unspecified atom stereocenters. The maximum Gasteiger partial charge on any atom is 0.258 e. The van der Waals surface area contributed by atoms with Crippen molar-refractivity contribution in [3.05, 3.63) is 88.5 Å². The Morgan fingerprint density at radius 1 is 1.23 bits per heavy atom. The first-order valence-corrected chi connectivity index (χ1v) is 10.3. The third-order valence-electron chi connectivity index (χ3n) is 5.33. The number of benzene rings is 1. The van der Waals surface area contributed by atoms with Crippen LogP contribution in [0.15, 0.2) is 70.1 Å². The number of rotatable bonds is 3. The Morgan fingerprint density at radius 3 is 2.83 bits per heavy atom. The van der Waals surface area contributed by atoms with Gasteiger partial charge in [-0.05, 0) is 40.2 Å². The van der Waals surface area contributed by atoms with Crippen molar-refractivity contribution in [1.29, 1.82) is 0 Å². The molecule has 1 aliphatic heterocycles. The zero-order valence-corrected chi connectivity index (χ0v) is 17.5. The lowest BCUT2D eigenvalue weighted by molar-refractivity contribution is -0.127. The van der Waals surface area contributed by atoms with E-state index < -0.39 is 6.04 Å². The normalized spacial score (nSPS) is 16.6. The number of fused-ring (bicyclic) bond motifs is 2. The highest BCUT2D eigenvalue weighted by atomic mass is 79.9. The molecule has 0 spiro atoms. The topological polar surface area (TPSA) is 101 Å². The summed E-state index contributed by atoms with van der Waals surface area (Å²) in [6, 6.07) is 12.7. The maximum atomic E-state index is 13.6. The highest BCUT2D eigenvalue weighted by molar-refractivity contribution is 9.10. The molecule has 1 amide bonds. The molecule has 5 rings (SSSR count). The number of furan rings is 1. The molecule has 8 heteroatoms. The van der Waals surface area contributed by atoms with Crippen LogP contribution in [-0.4, -0.2) is 32.3 Å². The zero-order valence-electron chi connectivity index (χ0n) is 15.9. The van der Waals surface area contributed by atoms with Crippen LogP contribution in [0, 0.1) is 0 Å². The van der Waals surface area contributed by atoms with Gasteiger partial charge in [-0.1, -0.05) is 18.2 Å². The highest BCUT2D eigenvalue weighted by Gasteiger charge is 2.39. The summed E-state index contributed by atoms with van der Waals surface area (Å²) in [5.74, 6) is 0.414. The molecule has 1 aliphatic rings. The van der Waals surface area contributed by atoms with Crippen LogP contribution in [0.25, 0.3) is 16.5 Å². The van der Waals surface area contributed by atoms with E-state index in [-0.39, 0.29) is 5.91 Å². The van der Waals surface area contributed by atoms with Crippen molar-refractivity contribution < 1.29 is 9.21 Å². The first kappa shape index (κ1) is 18.6. The van der Waals surface area contributed by atoms with E-state index in [1.54, 1.807) is 29.6 Å². The Balaban J connectivity index is 1.64. The predicted octanol–water partition coefficient (Wildman–Crippen LogP) is 3.79. The van der Waals surface area contributed by atoms with Gasteiger partial charge < -0.3 is 20.0 Å². The molecule has 0 aliphatic carbocycles. The number of pyridine rings is 1. The minimum absolute atomic E-state index is 0.220. The van der Waals surface area contributed by atoms with Crippen LogP contribution in [0.5, 0.6) is 0 Å². The monoisotopic (exact) mass is 463 g/mol. The van der Waals surface area contributed by atoms with Crippen molar-refractivity contribution in [2.24, 2.45) is 5.73 Å². The van der Waals surface area contributed by atoms with Crippen LogP contribution < -0.4 is 5.73 Å². The van der Waals surface area contributed by atoms with Crippen LogP contribution in [0.1, 0.15) is 28.9 Å². The molecule has 7 nitrogen and oxygen atoms in total. The minimum Gasteiger partial charge on any atom is -0.457 e. The Morgan fingerprint density at radius 2 is 2.07 bits per heavy atom. The number of H-pyrrole nitrogens is 1. The molecule has 3 N–H and O–H groups in total. The van der Waals surface area contributed by atoms with Gasteiger partial charge in [-0.3, -0.25) is 9.78 Å². The van der Waals surface area contributed by atoms with Gasteiger partial charge in [-0.2, -0.15) is 0 Å². The molecule has 3 aromatic heterocycles. The Kier molecular flexibility index (Phi) is 4.63. The van der Waals surface area contributed by atoms with E-state index in [1.165, 1.54) is 6.20 Å². The predicted molar refractivity (Wildman–Crippen MR) is 116 cm³/mol. The fourth-order valence-electron chi connectivity index (χ4n) is 3.91. The lowest BCUT2D eigenvalue weighted by Gasteiger charge is -2.34. The van der Waals surface area contributed by atoms with Crippen molar-refractivity contribution in [2.45, 2.75) is 12.5 Å². The molecule has 4 aromatic rings. The van der Waals surface area contributed by atoms with Crippen molar-refractivity contribution >= 4 is 38.4 Å². The SMILES string of the molecule is N/C=C(/C(=O)N1CCc2[nH]cnc2[C@H]1c1oc2ccccc2c1Br)c1ccccn1. The number of nitrogens with one attached hydrogen (secondary N) is 1. The van der Waals surface area contributed by atoms with E-state index in [2.05, 4.69) is 30.9 Å². The molecule has 0 radical (unpaired) electrons. The van der Waals surface area contributed by atoms with Gasteiger partial charge in [0.15, 0.2) is 0 Å². The number of carbonyl (C=O) groups is 1. The summed E-state index contributed by atoms with van der Waals surface area (Å²) in [5.41, 5.74) is 9.23. The average molecular weight is 464 g/mol. The molecule has 0 fully saturated rings. The fourth-order valence-corrected chi connectivity index (χ4v) is 4.54. The number of hydrogen-bond donors (Lipinski definition) is 2. The fraction of sp³-hybridized carbons (Fsp3) is 0.136. The second-order valence-electron chi connectivity index (χ2n) is 6.99. The molecular weight excluding hydrogens is 446 g/mol. The lowest BCUT2D eigenvalue weighted by Crippen LogP contribution is -2.41. The first-order chi connectivity index (χ1) is 14.7. The summed E-state index contributed by atoms with van der Waals surface area (Å²) < 4.78 is 7.02. The number of carbonyl (C=O) groups excluding carboxylic acids is 1. The van der Waals surface area contributed by atoms with Crippen LogP contribution >= 0.6 is 15.9 Å². The van der Waals surface area contributed by atoms with Crippen LogP contribution in [0.4, 0.5) is 0 Å². The molecular formula is C22H18BrN5O2. The number of nitrogens with two attached hydrogens (primary N) is 1. The minimum atomic E-state index is -0.493. The van der Waals surface area contributed by atoms with Crippen LogP contribution in [-0.2, 0) is 11.2 Å². The highest BCUT2D eigenvalue weighted by Crippen LogP contribution is 2.42. The number of imidazole rings is 1. The Hall–Kier alpha value is -3.39. The number of hydrogen-bond acceptors (Lipinski definition) is 5. The van der Waals surface area contributed by atoms with E-state index in [0.717, 1.165) is 26.8 Å². The Labute approximate surface area is 180 Å². The van der Waals surface area contributed by atoms with Gasteiger partial charge in [0.05, 0.1) is 27.8 Å². The first-order valence-electron chi connectivity index (χ1n) is 9.52. The number of aromatic amines is 1. The summed E-state index contributed by atoms with van der Waals surface area (Å²) in [5, 5.41) is 0.946. The average Bonchev–Trinajstić information content (AvgIpc) is 3.39. The standard InChI is InChI=1S/C22H18BrN5O2/c23-18-13-5-1-2-7-17(13)30-21(18)20-19-16(26-12-27-19)8-10-28(20)22(29)14(11-24)15-6-3-4-9-25-15/h1-7,9,11-12,20H,8,10,24H2,(H,26,27)/b14-11+/t20-/m0/s1. The van der Waals surface area contributed by atoms with E-state index in [1.807, 2.05) is 30.3 Å². The van der Waals surface area contributed by atoms with Gasteiger partial charge in [0.25, 0.3) is 5.91 Å². The molecule has 150 valence electrons. The van der Waals surface area contributed by atoms with E-state index in [9.17, 15) is 4.79 Å². The maximum absolute atomic E-state index is 13.6. The number of amides is 1. The van der Waals surface area contributed by atoms with Gasteiger partial charge in [0.1, 0.15) is 17.4 Å². The van der Waals surface area contributed by atoms with E-state index in [4.69, 9.17) is 10.2 Å². The van der Waals surface area contributed by atoms with E-state index in [0.29, 0.717) is 30.0 Å².